The smallest absolute Gasteiger partial charge is 0.255 e. The minimum atomic E-state index is -1.66. The molecule has 0 atom stereocenters. The van der Waals surface area contributed by atoms with Crippen LogP contribution in [-0.4, -0.2) is 65.4 Å². The van der Waals surface area contributed by atoms with Gasteiger partial charge in [0, 0.05) is 42.7 Å². The van der Waals surface area contributed by atoms with Crippen LogP contribution in [-0.2, 0) is 10.4 Å². The molecular formula is C26H31FN6O3. The summed E-state index contributed by atoms with van der Waals surface area (Å²) in [6.45, 7) is 7.77. The molecule has 0 bridgehead atoms. The molecule has 0 unspecified atom stereocenters. The molecule has 0 radical (unpaired) electrons. The number of hydrogen-bond acceptors (Lipinski definition) is 8. The van der Waals surface area contributed by atoms with Gasteiger partial charge in [-0.05, 0) is 56.7 Å². The third kappa shape index (κ3) is 6.13. The monoisotopic (exact) mass is 494 g/mol. The summed E-state index contributed by atoms with van der Waals surface area (Å²) in [6.07, 6.45) is 3.02. The minimum absolute atomic E-state index is 0.0167. The lowest BCUT2D eigenvalue weighted by atomic mass is 10.0. The average Bonchev–Trinajstić information content (AvgIpc) is 2.88. The van der Waals surface area contributed by atoms with Crippen LogP contribution in [0.2, 0.25) is 0 Å². The number of anilines is 3. The summed E-state index contributed by atoms with van der Waals surface area (Å²) in [5.74, 6) is 1.05. The summed E-state index contributed by atoms with van der Waals surface area (Å²) in [7, 11) is 0. The van der Waals surface area contributed by atoms with Gasteiger partial charge in [0.05, 0.1) is 37.4 Å². The van der Waals surface area contributed by atoms with Gasteiger partial charge < -0.3 is 25.4 Å². The number of aryl methyl sites for hydroxylation is 1. The summed E-state index contributed by atoms with van der Waals surface area (Å²) in [4.78, 5) is 28.3. The molecule has 3 N–H and O–H groups in total. The third-order valence-corrected chi connectivity index (χ3v) is 5.85. The number of carbonyl (C=O) groups excluding carboxylic acids is 1. The first-order chi connectivity index (χ1) is 17.2. The summed E-state index contributed by atoms with van der Waals surface area (Å²) in [6, 6.07) is 8.74. The van der Waals surface area contributed by atoms with Crippen molar-refractivity contribution >= 4 is 23.2 Å². The van der Waals surface area contributed by atoms with Gasteiger partial charge in [0.2, 0.25) is 0 Å². The number of nitrogens with zero attached hydrogens (tertiary/aromatic N) is 4. The van der Waals surface area contributed by atoms with Crippen LogP contribution in [0.4, 0.5) is 21.7 Å². The molecule has 1 aliphatic heterocycles. The second kappa shape index (κ2) is 11.0. The van der Waals surface area contributed by atoms with Crippen molar-refractivity contribution < 1.29 is 19.0 Å². The highest BCUT2D eigenvalue weighted by Crippen LogP contribution is 2.31. The highest BCUT2D eigenvalue weighted by Gasteiger charge is 2.22. The van der Waals surface area contributed by atoms with Gasteiger partial charge in [0.25, 0.3) is 5.91 Å². The molecule has 0 aliphatic carbocycles. The molecule has 3 aromatic rings. The van der Waals surface area contributed by atoms with Crippen LogP contribution in [0.5, 0.6) is 0 Å². The Balaban J connectivity index is 1.64. The molecule has 10 heteroatoms. The molecule has 0 spiro atoms. The van der Waals surface area contributed by atoms with E-state index in [1.165, 1.54) is 26.1 Å². The molecule has 190 valence electrons. The second-order valence-electron chi connectivity index (χ2n) is 9.06. The lowest BCUT2D eigenvalue weighted by Gasteiger charge is -2.28. The molecule has 4 rings (SSSR count). The van der Waals surface area contributed by atoms with Gasteiger partial charge >= 0.3 is 0 Å². The third-order valence-electron chi connectivity index (χ3n) is 5.85. The first-order valence-electron chi connectivity index (χ1n) is 11.9. The van der Waals surface area contributed by atoms with E-state index in [1.807, 2.05) is 25.1 Å². The lowest BCUT2D eigenvalue weighted by Crippen LogP contribution is -2.36. The van der Waals surface area contributed by atoms with Crippen molar-refractivity contribution in [3.8, 4) is 11.1 Å². The van der Waals surface area contributed by atoms with E-state index >= 15 is 0 Å². The van der Waals surface area contributed by atoms with Gasteiger partial charge in [0.1, 0.15) is 17.3 Å². The Hall–Kier alpha value is -3.63. The van der Waals surface area contributed by atoms with E-state index in [9.17, 15) is 14.3 Å². The molecule has 1 amide bonds. The van der Waals surface area contributed by atoms with Crippen LogP contribution >= 0.6 is 0 Å². The molecule has 9 nitrogen and oxygen atoms in total. The van der Waals surface area contributed by atoms with E-state index in [1.54, 1.807) is 12.3 Å². The summed E-state index contributed by atoms with van der Waals surface area (Å²) in [5, 5.41) is 15.3. The largest absolute Gasteiger partial charge is 0.395 e. The quantitative estimate of drug-likeness (QED) is 0.436. The first-order valence-corrected chi connectivity index (χ1v) is 11.9. The molecular weight excluding hydrogens is 463 g/mol. The summed E-state index contributed by atoms with van der Waals surface area (Å²) < 4.78 is 19.8. The Morgan fingerprint density at radius 1 is 1.19 bits per heavy atom. The Bertz CT molecular complexity index is 1220. The Labute approximate surface area is 209 Å². The zero-order chi connectivity index (χ0) is 25.7. The van der Waals surface area contributed by atoms with Gasteiger partial charge in [-0.2, -0.15) is 0 Å². The normalized spacial score (nSPS) is 14.0. The van der Waals surface area contributed by atoms with Crippen LogP contribution in [0.15, 0.2) is 42.7 Å². The number of aliphatic hydroxyl groups excluding tert-OH is 1. The minimum Gasteiger partial charge on any atom is -0.395 e. The number of aromatic nitrogens is 3. The van der Waals surface area contributed by atoms with Crippen molar-refractivity contribution in [1.29, 1.82) is 0 Å². The van der Waals surface area contributed by atoms with Crippen molar-refractivity contribution in [3.63, 3.8) is 0 Å². The zero-order valence-electron chi connectivity index (χ0n) is 20.7. The van der Waals surface area contributed by atoms with E-state index < -0.39 is 5.67 Å². The van der Waals surface area contributed by atoms with Gasteiger partial charge in [-0.15, -0.1) is 0 Å². The van der Waals surface area contributed by atoms with Crippen molar-refractivity contribution in [2.24, 2.45) is 0 Å². The van der Waals surface area contributed by atoms with E-state index in [4.69, 9.17) is 9.72 Å². The fraction of sp³-hybridized carbons (Fsp3) is 0.385. The molecule has 3 aromatic heterocycles. The van der Waals surface area contributed by atoms with Crippen LogP contribution in [0.1, 0.15) is 35.6 Å². The van der Waals surface area contributed by atoms with Gasteiger partial charge in [-0.1, -0.05) is 0 Å². The van der Waals surface area contributed by atoms with Gasteiger partial charge in [-0.25, -0.2) is 9.37 Å². The maximum atomic E-state index is 14.3. The number of carbonyl (C=O) groups is 1. The Kier molecular flexibility index (Phi) is 7.76. The van der Waals surface area contributed by atoms with E-state index in [0.29, 0.717) is 36.8 Å². The number of alkyl halides is 1. The maximum Gasteiger partial charge on any atom is 0.255 e. The number of ether oxygens (including phenoxy) is 1. The number of morpholine rings is 1. The summed E-state index contributed by atoms with van der Waals surface area (Å²) in [5.41, 5.74) is 1.83. The predicted molar refractivity (Wildman–Crippen MR) is 137 cm³/mol. The van der Waals surface area contributed by atoms with Gasteiger partial charge in [-0.3, -0.25) is 14.8 Å². The number of amides is 1. The molecule has 0 aromatic carbocycles. The molecule has 1 saturated heterocycles. The van der Waals surface area contributed by atoms with Gasteiger partial charge in [0.15, 0.2) is 0 Å². The standard InChI is InChI=1S/C26H31FN6O3/c1-17-21(19-13-23(29-6-9-34)32-24(14-19)33-7-10-36-11-8-33)15-20(16-30-17)31-25(35)18-4-5-28-22(12-18)26(2,3)27/h4-5,12-16,34H,6-11H2,1-3H3,(H,29,32)(H,31,35). The van der Waals surface area contributed by atoms with E-state index in [0.717, 1.165) is 35.7 Å². The molecule has 36 heavy (non-hydrogen) atoms. The van der Waals surface area contributed by atoms with E-state index in [2.05, 4.69) is 25.5 Å². The number of halogens is 1. The van der Waals surface area contributed by atoms with Crippen LogP contribution in [0, 0.1) is 6.92 Å². The number of nitrogens with one attached hydrogen (secondary N) is 2. The molecule has 1 aliphatic rings. The number of rotatable bonds is 8. The van der Waals surface area contributed by atoms with Crippen LogP contribution < -0.4 is 15.5 Å². The molecule has 0 saturated carbocycles. The number of aliphatic hydroxyl groups is 1. The average molecular weight is 495 g/mol. The lowest BCUT2D eigenvalue weighted by molar-refractivity contribution is 0.102. The Morgan fingerprint density at radius 3 is 2.69 bits per heavy atom. The zero-order valence-corrected chi connectivity index (χ0v) is 20.7. The SMILES string of the molecule is Cc1ncc(NC(=O)c2ccnc(C(C)(C)F)c2)cc1-c1cc(NCCO)nc(N2CCOCC2)c1. The number of hydrogen-bond donors (Lipinski definition) is 3. The van der Waals surface area contributed by atoms with Crippen molar-refractivity contribution in [3.05, 3.63) is 59.7 Å². The van der Waals surface area contributed by atoms with Crippen molar-refractivity contribution in [2.45, 2.75) is 26.4 Å². The highest BCUT2D eigenvalue weighted by atomic mass is 19.1. The predicted octanol–water partition coefficient (Wildman–Crippen LogP) is 3.54. The fourth-order valence-electron chi connectivity index (χ4n) is 3.89. The van der Waals surface area contributed by atoms with Crippen LogP contribution in [0.25, 0.3) is 11.1 Å². The summed E-state index contributed by atoms with van der Waals surface area (Å²) >= 11 is 0. The molecule has 1 fully saturated rings. The maximum absolute atomic E-state index is 14.3. The topological polar surface area (TPSA) is 112 Å². The highest BCUT2D eigenvalue weighted by molar-refractivity contribution is 6.04. The first kappa shape index (κ1) is 25.5. The number of pyridine rings is 3. The van der Waals surface area contributed by atoms with Crippen molar-refractivity contribution in [2.75, 3.05) is 55.0 Å². The second-order valence-corrected chi connectivity index (χ2v) is 9.06. The molecule has 4 heterocycles. The van der Waals surface area contributed by atoms with Crippen LogP contribution in [0.3, 0.4) is 0 Å². The van der Waals surface area contributed by atoms with Crippen molar-refractivity contribution in [1.82, 2.24) is 15.0 Å². The fourth-order valence-corrected chi connectivity index (χ4v) is 3.89. The Morgan fingerprint density at radius 2 is 1.97 bits per heavy atom. The van der Waals surface area contributed by atoms with E-state index in [-0.39, 0.29) is 18.2 Å².